The van der Waals surface area contributed by atoms with Gasteiger partial charge in [-0.25, -0.2) is 9.78 Å². The molecular formula is C22H32O7. The van der Waals surface area contributed by atoms with Crippen LogP contribution in [-0.2, 0) is 28.8 Å². The van der Waals surface area contributed by atoms with Crippen LogP contribution in [0.4, 0.5) is 0 Å². The van der Waals surface area contributed by atoms with E-state index in [1.54, 1.807) is 0 Å². The molecule has 7 heteroatoms. The zero-order valence-corrected chi connectivity index (χ0v) is 17.4. The quantitative estimate of drug-likeness (QED) is 0.717. The van der Waals surface area contributed by atoms with Gasteiger partial charge in [0, 0.05) is 18.3 Å². The Morgan fingerprint density at radius 2 is 1.83 bits per heavy atom. The molecule has 7 fully saturated rings. The second-order valence-corrected chi connectivity index (χ2v) is 10.7. The molecule has 7 rings (SSSR count). The highest BCUT2D eigenvalue weighted by Gasteiger charge is 2.70. The zero-order valence-electron chi connectivity index (χ0n) is 17.4. The van der Waals surface area contributed by atoms with Crippen molar-refractivity contribution in [3.8, 4) is 0 Å². The van der Waals surface area contributed by atoms with Gasteiger partial charge in [-0.05, 0) is 62.7 Å². The van der Waals surface area contributed by atoms with Crippen LogP contribution in [0.5, 0.6) is 0 Å². The van der Waals surface area contributed by atoms with Gasteiger partial charge in [0.2, 0.25) is 5.79 Å². The predicted octanol–water partition coefficient (Wildman–Crippen LogP) is 3.32. The lowest BCUT2D eigenvalue weighted by atomic mass is 9.58. The minimum absolute atomic E-state index is 0.126. The molecule has 10 atom stereocenters. The van der Waals surface area contributed by atoms with Crippen LogP contribution in [0.15, 0.2) is 0 Å². The summed E-state index contributed by atoms with van der Waals surface area (Å²) in [5.41, 5.74) is -0.555. The average Bonchev–Trinajstić information content (AvgIpc) is 3.19. The summed E-state index contributed by atoms with van der Waals surface area (Å²) in [5, 5.41) is 9.25. The lowest BCUT2D eigenvalue weighted by Gasteiger charge is -2.60. The predicted molar refractivity (Wildman–Crippen MR) is 99.0 cm³/mol. The van der Waals surface area contributed by atoms with Crippen LogP contribution in [0.3, 0.4) is 0 Å². The van der Waals surface area contributed by atoms with E-state index < -0.39 is 23.6 Å². The highest BCUT2D eigenvalue weighted by atomic mass is 17.3. The number of aliphatic carboxylic acids is 1. The van der Waals surface area contributed by atoms with Gasteiger partial charge >= 0.3 is 5.97 Å². The van der Waals surface area contributed by atoms with E-state index in [2.05, 4.69) is 13.8 Å². The maximum absolute atomic E-state index is 11.2. The number of rotatable bonds is 3. The Kier molecular flexibility index (Phi) is 4.03. The van der Waals surface area contributed by atoms with Gasteiger partial charge in [0.05, 0.1) is 12.0 Å². The molecule has 162 valence electrons. The average molecular weight is 408 g/mol. The van der Waals surface area contributed by atoms with Crippen molar-refractivity contribution in [3.05, 3.63) is 0 Å². The highest BCUT2D eigenvalue weighted by molar-refractivity contribution is 5.70. The molecule has 1 N–H and O–H groups in total. The monoisotopic (exact) mass is 408 g/mol. The van der Waals surface area contributed by atoms with Crippen molar-refractivity contribution >= 4 is 5.97 Å². The van der Waals surface area contributed by atoms with E-state index in [1.807, 2.05) is 6.92 Å². The fourth-order valence-electron chi connectivity index (χ4n) is 7.37. The number of hydrogen-bond donors (Lipinski definition) is 1. The normalized spacial score (nSPS) is 60.2. The van der Waals surface area contributed by atoms with E-state index in [1.165, 1.54) is 6.42 Å². The molecule has 7 aliphatic rings. The Labute approximate surface area is 171 Å². The van der Waals surface area contributed by atoms with Crippen LogP contribution in [0.1, 0.15) is 59.3 Å². The molecule has 1 spiro atoms. The number of hydrogen-bond acceptors (Lipinski definition) is 6. The Bertz CT molecular complexity index is 701. The van der Waals surface area contributed by atoms with Crippen molar-refractivity contribution in [1.29, 1.82) is 0 Å². The third-order valence-corrected chi connectivity index (χ3v) is 9.10. The fraction of sp³-hybridized carbons (Fsp3) is 0.955. The molecule has 0 aromatic rings. The van der Waals surface area contributed by atoms with Crippen LogP contribution in [0, 0.1) is 41.4 Å². The van der Waals surface area contributed by atoms with E-state index in [4.69, 9.17) is 24.0 Å². The first-order valence-electron chi connectivity index (χ1n) is 11.4. The number of fused-ring (bicyclic) bond motifs is 3. The molecule has 29 heavy (non-hydrogen) atoms. The summed E-state index contributed by atoms with van der Waals surface area (Å²) in [4.78, 5) is 23.3. The molecule has 4 aliphatic heterocycles. The summed E-state index contributed by atoms with van der Waals surface area (Å²) in [6.07, 6.45) is 4.83. The van der Waals surface area contributed by atoms with Crippen molar-refractivity contribution < 1.29 is 33.9 Å². The first-order valence-corrected chi connectivity index (χ1v) is 11.4. The summed E-state index contributed by atoms with van der Waals surface area (Å²) in [6, 6.07) is 0. The molecular weight excluding hydrogens is 376 g/mol. The molecule has 3 saturated carbocycles. The van der Waals surface area contributed by atoms with Gasteiger partial charge in [0.1, 0.15) is 0 Å². The Hall–Kier alpha value is -0.730. The molecule has 2 unspecified atom stereocenters. The standard InChI is InChI=1S/C22H32O7/c1-10-4-5-16-11(2)19(25-17-13-8-12(18(23)24)9-14(13)17)26-20-22(16)15(10)6-7-21(3,27-20)28-29-22/h10-17,19-20H,4-9H2,1-3H3,(H,23,24)/t10-,11-,12?,13?,14?,15+,16+,17?,19+,20-,21-,22-/m1/s1. The van der Waals surface area contributed by atoms with Crippen molar-refractivity contribution in [2.75, 3.05) is 0 Å². The number of carboxylic acids is 1. The van der Waals surface area contributed by atoms with E-state index in [0.717, 1.165) is 32.1 Å². The van der Waals surface area contributed by atoms with Gasteiger partial charge in [-0.1, -0.05) is 13.8 Å². The van der Waals surface area contributed by atoms with E-state index >= 15 is 0 Å². The summed E-state index contributed by atoms with van der Waals surface area (Å²) in [6.45, 7) is 6.45. The second kappa shape index (κ2) is 6.16. The largest absolute Gasteiger partial charge is 0.481 e. The van der Waals surface area contributed by atoms with Crippen LogP contribution in [-0.4, -0.2) is 41.1 Å². The van der Waals surface area contributed by atoms with E-state index in [-0.39, 0.29) is 30.1 Å². The summed E-state index contributed by atoms with van der Waals surface area (Å²) in [5.74, 6) is 0.429. The Balaban J connectivity index is 1.23. The third-order valence-electron chi connectivity index (χ3n) is 9.10. The van der Waals surface area contributed by atoms with E-state index in [9.17, 15) is 9.90 Å². The van der Waals surface area contributed by atoms with Crippen molar-refractivity contribution in [2.24, 2.45) is 41.4 Å². The molecule has 7 nitrogen and oxygen atoms in total. The van der Waals surface area contributed by atoms with Crippen LogP contribution in [0.25, 0.3) is 0 Å². The zero-order chi connectivity index (χ0) is 20.1. The highest BCUT2D eigenvalue weighted by Crippen LogP contribution is 2.62. The minimum atomic E-state index is -0.770. The van der Waals surface area contributed by atoms with Gasteiger partial charge in [-0.15, -0.1) is 0 Å². The molecule has 4 saturated heterocycles. The Morgan fingerprint density at radius 3 is 2.55 bits per heavy atom. The minimum Gasteiger partial charge on any atom is -0.481 e. The maximum Gasteiger partial charge on any atom is 0.306 e. The maximum atomic E-state index is 11.2. The summed E-state index contributed by atoms with van der Waals surface area (Å²) < 4.78 is 19.3. The topological polar surface area (TPSA) is 83.5 Å². The fourth-order valence-corrected chi connectivity index (χ4v) is 7.37. The SMILES string of the molecule is C[C@H]1[C@@H](OC2C3CC(C(=O)O)CC32)O[C@@H]2O[C@@]3(C)CC[C@H]4[C@H](C)CC[C@@H]1[C@@]24OO3. The first kappa shape index (κ1) is 19.0. The van der Waals surface area contributed by atoms with Crippen molar-refractivity contribution in [1.82, 2.24) is 0 Å². The van der Waals surface area contributed by atoms with E-state index in [0.29, 0.717) is 23.7 Å². The van der Waals surface area contributed by atoms with Crippen molar-refractivity contribution in [2.45, 2.75) is 89.4 Å². The van der Waals surface area contributed by atoms with Gasteiger partial charge < -0.3 is 19.3 Å². The molecule has 0 aromatic carbocycles. The lowest BCUT2D eigenvalue weighted by molar-refractivity contribution is -0.577. The van der Waals surface area contributed by atoms with Crippen molar-refractivity contribution in [3.63, 3.8) is 0 Å². The first-order chi connectivity index (χ1) is 13.8. The van der Waals surface area contributed by atoms with Gasteiger partial charge in [-0.2, -0.15) is 0 Å². The summed E-state index contributed by atoms with van der Waals surface area (Å²) >= 11 is 0. The smallest absolute Gasteiger partial charge is 0.306 e. The summed E-state index contributed by atoms with van der Waals surface area (Å²) in [7, 11) is 0. The second-order valence-electron chi connectivity index (χ2n) is 10.7. The van der Waals surface area contributed by atoms with Gasteiger partial charge in [0.15, 0.2) is 18.2 Å². The van der Waals surface area contributed by atoms with Crippen LogP contribution < -0.4 is 0 Å². The molecule has 2 bridgehead atoms. The molecule has 0 aromatic heterocycles. The molecule has 0 radical (unpaired) electrons. The van der Waals surface area contributed by atoms with Crippen LogP contribution >= 0.6 is 0 Å². The molecule has 4 heterocycles. The molecule has 0 amide bonds. The number of carboxylic acid groups (broad SMARTS) is 1. The third kappa shape index (κ3) is 2.57. The lowest BCUT2D eigenvalue weighted by Crippen LogP contribution is -2.70. The Morgan fingerprint density at radius 1 is 1.07 bits per heavy atom. The van der Waals surface area contributed by atoms with Gasteiger partial charge in [0.25, 0.3) is 0 Å². The molecule has 3 aliphatic carbocycles. The number of carbonyl (C=O) groups is 1. The number of ether oxygens (including phenoxy) is 3. The van der Waals surface area contributed by atoms with Crippen LogP contribution in [0.2, 0.25) is 0 Å². The van der Waals surface area contributed by atoms with Gasteiger partial charge in [-0.3, -0.25) is 4.79 Å².